The first-order valence-electron chi connectivity index (χ1n) is 7.10. The molecule has 0 aromatic heterocycles. The summed E-state index contributed by atoms with van der Waals surface area (Å²) in [6.45, 7) is 7.10. The normalized spacial score (nSPS) is 45.5. The van der Waals surface area contributed by atoms with Gasteiger partial charge >= 0.3 is 0 Å². The van der Waals surface area contributed by atoms with Crippen LogP contribution < -0.4 is 5.73 Å². The Hall–Kier alpha value is 0.660. The molecule has 100 valence electrons. The first-order valence-corrected chi connectivity index (χ1v) is 9.09. The van der Waals surface area contributed by atoms with Crippen molar-refractivity contribution in [2.45, 2.75) is 68.2 Å². The second-order valence-corrected chi connectivity index (χ2v) is 9.05. The monoisotopic (exact) mass is 273 g/mol. The highest BCUT2D eigenvalue weighted by atomic mass is 32.2. The zero-order valence-corrected chi connectivity index (χ0v) is 13.0. The van der Waals surface area contributed by atoms with E-state index in [9.17, 15) is 0 Å². The van der Waals surface area contributed by atoms with Crippen LogP contribution in [-0.2, 0) is 0 Å². The van der Waals surface area contributed by atoms with Crippen molar-refractivity contribution in [2.24, 2.45) is 17.6 Å². The van der Waals surface area contributed by atoms with Gasteiger partial charge in [0.25, 0.3) is 0 Å². The molecule has 0 spiro atoms. The highest BCUT2D eigenvalue weighted by molar-refractivity contribution is 8.07. The molecule has 0 aromatic rings. The van der Waals surface area contributed by atoms with Crippen molar-refractivity contribution in [3.05, 3.63) is 0 Å². The summed E-state index contributed by atoms with van der Waals surface area (Å²) in [5.41, 5.74) is 6.54. The van der Waals surface area contributed by atoms with Gasteiger partial charge in [-0.1, -0.05) is 33.6 Å². The Morgan fingerprint density at radius 1 is 1.00 bits per heavy atom. The van der Waals surface area contributed by atoms with Crippen molar-refractivity contribution >= 4 is 23.5 Å². The minimum atomic E-state index is 0.440. The molecule has 4 unspecified atom stereocenters. The van der Waals surface area contributed by atoms with E-state index in [0.717, 1.165) is 22.3 Å². The maximum Gasteiger partial charge on any atom is 0.0295 e. The van der Waals surface area contributed by atoms with E-state index in [1.54, 1.807) is 0 Å². The molecule has 1 saturated heterocycles. The molecule has 2 aliphatic rings. The fourth-order valence-corrected chi connectivity index (χ4v) is 6.12. The molecule has 1 heterocycles. The molecule has 0 amide bonds. The summed E-state index contributed by atoms with van der Waals surface area (Å²) in [6.07, 6.45) is 5.53. The predicted molar refractivity (Wildman–Crippen MR) is 81.9 cm³/mol. The molecule has 17 heavy (non-hydrogen) atoms. The van der Waals surface area contributed by atoms with Crippen LogP contribution in [-0.4, -0.2) is 27.5 Å². The number of thioether (sulfide) groups is 2. The van der Waals surface area contributed by atoms with Gasteiger partial charge in [0.1, 0.15) is 0 Å². The maximum atomic E-state index is 6.54. The van der Waals surface area contributed by atoms with Crippen molar-refractivity contribution in [2.75, 3.05) is 5.75 Å². The summed E-state index contributed by atoms with van der Waals surface area (Å²) in [6, 6.07) is 0.440. The van der Waals surface area contributed by atoms with Gasteiger partial charge in [-0.25, -0.2) is 0 Å². The average molecular weight is 274 g/mol. The molecule has 0 radical (unpaired) electrons. The summed E-state index contributed by atoms with van der Waals surface area (Å²) < 4.78 is 0. The summed E-state index contributed by atoms with van der Waals surface area (Å²) in [4.78, 5) is 0. The Kier molecular flexibility index (Phi) is 5.14. The lowest BCUT2D eigenvalue weighted by Gasteiger charge is -2.39. The van der Waals surface area contributed by atoms with E-state index in [1.165, 1.54) is 31.4 Å². The molecule has 0 bridgehead atoms. The van der Waals surface area contributed by atoms with Crippen LogP contribution in [0.1, 0.15) is 46.5 Å². The van der Waals surface area contributed by atoms with Crippen LogP contribution in [0.2, 0.25) is 0 Å². The molecule has 1 aliphatic carbocycles. The second kappa shape index (κ2) is 6.21. The largest absolute Gasteiger partial charge is 0.326 e. The van der Waals surface area contributed by atoms with Crippen LogP contribution in [0.3, 0.4) is 0 Å². The van der Waals surface area contributed by atoms with Gasteiger partial charge in [0.05, 0.1) is 0 Å². The van der Waals surface area contributed by atoms with Gasteiger partial charge in [-0.05, 0) is 24.7 Å². The standard InChI is InChI=1S/C14H27NS2/c1-9-4-6-12(7-5-9)14(15)13-8-16-10(2)11(3)17-13/h9-14H,4-8,15H2,1-3H3. The first kappa shape index (κ1) is 14.1. The molecule has 1 saturated carbocycles. The lowest BCUT2D eigenvalue weighted by atomic mass is 9.79. The molecular formula is C14H27NS2. The second-order valence-electron chi connectivity index (χ2n) is 6.02. The molecule has 1 aliphatic heterocycles. The number of nitrogens with two attached hydrogens (primary N) is 1. The maximum absolute atomic E-state index is 6.54. The van der Waals surface area contributed by atoms with Gasteiger partial charge in [-0.3, -0.25) is 0 Å². The van der Waals surface area contributed by atoms with E-state index in [1.807, 2.05) is 0 Å². The third-order valence-electron chi connectivity index (χ3n) is 4.61. The van der Waals surface area contributed by atoms with Crippen LogP contribution >= 0.6 is 23.5 Å². The quantitative estimate of drug-likeness (QED) is 0.829. The Bertz CT molecular complexity index is 238. The molecule has 1 nitrogen and oxygen atoms in total. The third-order valence-corrected chi connectivity index (χ3v) is 8.14. The van der Waals surface area contributed by atoms with Crippen molar-refractivity contribution in [1.29, 1.82) is 0 Å². The molecule has 2 fully saturated rings. The number of rotatable bonds is 2. The van der Waals surface area contributed by atoms with E-state index >= 15 is 0 Å². The molecular weight excluding hydrogens is 246 g/mol. The minimum absolute atomic E-state index is 0.440. The molecule has 2 rings (SSSR count). The third kappa shape index (κ3) is 3.57. The van der Waals surface area contributed by atoms with E-state index in [-0.39, 0.29) is 0 Å². The zero-order valence-electron chi connectivity index (χ0n) is 11.4. The van der Waals surface area contributed by atoms with Gasteiger partial charge in [0.2, 0.25) is 0 Å². The molecule has 0 aromatic carbocycles. The van der Waals surface area contributed by atoms with E-state index < -0.39 is 0 Å². The van der Waals surface area contributed by atoms with Crippen molar-refractivity contribution < 1.29 is 0 Å². The lowest BCUT2D eigenvalue weighted by Crippen LogP contribution is -2.45. The smallest absolute Gasteiger partial charge is 0.0295 e. The number of hydrogen-bond acceptors (Lipinski definition) is 3. The van der Waals surface area contributed by atoms with E-state index in [4.69, 9.17) is 5.73 Å². The fraction of sp³-hybridized carbons (Fsp3) is 1.00. The highest BCUT2D eigenvalue weighted by Gasteiger charge is 2.34. The first-order chi connectivity index (χ1) is 8.08. The van der Waals surface area contributed by atoms with Crippen molar-refractivity contribution in [3.8, 4) is 0 Å². The van der Waals surface area contributed by atoms with E-state index in [2.05, 4.69) is 44.3 Å². The summed E-state index contributed by atoms with van der Waals surface area (Å²) >= 11 is 4.28. The summed E-state index contributed by atoms with van der Waals surface area (Å²) in [5, 5.41) is 2.27. The molecule has 4 atom stereocenters. The summed E-state index contributed by atoms with van der Waals surface area (Å²) in [7, 11) is 0. The van der Waals surface area contributed by atoms with Crippen LogP contribution in [0.15, 0.2) is 0 Å². The van der Waals surface area contributed by atoms with Crippen molar-refractivity contribution in [3.63, 3.8) is 0 Å². The average Bonchev–Trinajstić information content (AvgIpc) is 2.33. The Morgan fingerprint density at radius 2 is 1.65 bits per heavy atom. The Labute approximate surface area is 115 Å². The topological polar surface area (TPSA) is 26.0 Å². The van der Waals surface area contributed by atoms with Gasteiger partial charge < -0.3 is 5.73 Å². The van der Waals surface area contributed by atoms with E-state index in [0.29, 0.717) is 11.3 Å². The van der Waals surface area contributed by atoms with Crippen LogP contribution in [0, 0.1) is 11.8 Å². The minimum Gasteiger partial charge on any atom is -0.326 e. The summed E-state index contributed by atoms with van der Waals surface area (Å²) in [5.74, 6) is 3.00. The highest BCUT2D eigenvalue weighted by Crippen LogP contribution is 2.40. The van der Waals surface area contributed by atoms with Gasteiger partial charge in [0, 0.05) is 27.5 Å². The van der Waals surface area contributed by atoms with Crippen molar-refractivity contribution in [1.82, 2.24) is 0 Å². The van der Waals surface area contributed by atoms with Gasteiger partial charge in [-0.15, -0.1) is 0 Å². The SMILES string of the molecule is CC1CCC(C(N)C2CSC(C)C(C)S2)CC1. The molecule has 3 heteroatoms. The van der Waals surface area contributed by atoms with Gasteiger partial charge in [-0.2, -0.15) is 23.5 Å². The van der Waals surface area contributed by atoms with Gasteiger partial charge in [0.15, 0.2) is 0 Å². The Morgan fingerprint density at radius 3 is 2.24 bits per heavy atom. The van der Waals surface area contributed by atoms with Crippen LogP contribution in [0.5, 0.6) is 0 Å². The van der Waals surface area contributed by atoms with Crippen LogP contribution in [0.25, 0.3) is 0 Å². The zero-order chi connectivity index (χ0) is 12.4. The predicted octanol–water partition coefficient (Wildman–Crippen LogP) is 3.77. The lowest BCUT2D eigenvalue weighted by molar-refractivity contribution is 0.254. The van der Waals surface area contributed by atoms with Crippen LogP contribution in [0.4, 0.5) is 0 Å². The Balaban J connectivity index is 1.85. The number of hydrogen-bond donors (Lipinski definition) is 1. The molecule has 2 N–H and O–H groups in total. The fourth-order valence-electron chi connectivity index (χ4n) is 2.98.